The van der Waals surface area contributed by atoms with Gasteiger partial charge in [0, 0.05) is 6.42 Å². The molecule has 0 bridgehead atoms. The number of carboxylic acids is 2. The summed E-state index contributed by atoms with van der Waals surface area (Å²) in [4.78, 5) is 22.3. The Kier molecular flexibility index (Phi) is 5.22. The highest BCUT2D eigenvalue weighted by Gasteiger charge is 2.22. The van der Waals surface area contributed by atoms with Crippen molar-refractivity contribution in [2.75, 3.05) is 0 Å². The molecule has 0 aliphatic heterocycles. The van der Waals surface area contributed by atoms with Crippen LogP contribution in [0, 0.1) is 5.92 Å². The third kappa shape index (κ3) is 4.36. The molecule has 2 rings (SSSR count). The summed E-state index contributed by atoms with van der Waals surface area (Å²) in [6.07, 6.45) is 0.167. The van der Waals surface area contributed by atoms with Crippen LogP contribution in [0.4, 0.5) is 0 Å². The average molecular weight is 316 g/mol. The second-order valence-corrected chi connectivity index (χ2v) is 5.81. The fourth-order valence-corrected chi connectivity index (χ4v) is 2.75. The molecule has 0 aliphatic carbocycles. The van der Waals surface area contributed by atoms with E-state index in [1.54, 1.807) is 0 Å². The maximum Gasteiger partial charge on any atom is 0.307 e. The second kappa shape index (κ2) is 7.13. The van der Waals surface area contributed by atoms with Crippen LogP contribution < -0.4 is 0 Å². The summed E-state index contributed by atoms with van der Waals surface area (Å²) in [6.45, 7) is 0. The van der Waals surface area contributed by atoms with Gasteiger partial charge in [0.2, 0.25) is 0 Å². The summed E-state index contributed by atoms with van der Waals surface area (Å²) in [5, 5.41) is 20.0. The highest BCUT2D eigenvalue weighted by Crippen LogP contribution is 2.18. The molecular weight excluding hydrogens is 300 g/mol. The summed E-state index contributed by atoms with van der Waals surface area (Å²) in [6, 6.07) is 13.9. The van der Waals surface area contributed by atoms with Gasteiger partial charge in [-0.2, -0.15) is 0 Å². The van der Waals surface area contributed by atoms with E-state index >= 15 is 0 Å². The summed E-state index contributed by atoms with van der Waals surface area (Å²) in [5.41, 5.74) is 1.00. The van der Waals surface area contributed by atoms with E-state index in [1.807, 2.05) is 42.5 Å². The fourth-order valence-electron chi connectivity index (χ4n) is 2.38. The topological polar surface area (TPSA) is 74.6 Å². The zero-order valence-corrected chi connectivity index (χ0v) is 12.7. The number of hydrogen-bond acceptors (Lipinski definition) is 3. The predicted molar refractivity (Wildman–Crippen MR) is 88.2 cm³/mol. The van der Waals surface area contributed by atoms with Gasteiger partial charge in [-0.3, -0.25) is 9.59 Å². The first kappa shape index (κ1) is 16.1. The molecule has 2 aromatic rings. The van der Waals surface area contributed by atoms with Gasteiger partial charge >= 0.3 is 11.9 Å². The van der Waals surface area contributed by atoms with Crippen molar-refractivity contribution in [1.82, 2.24) is 0 Å². The molecule has 1 atom stereocenters. The molecule has 1 unspecified atom stereocenters. The molecule has 0 amide bonds. The number of fused-ring (bicyclic) bond motifs is 1. The van der Waals surface area contributed by atoms with Crippen LogP contribution >= 0.6 is 12.2 Å². The van der Waals surface area contributed by atoms with Crippen LogP contribution in [0.1, 0.15) is 18.4 Å². The van der Waals surface area contributed by atoms with Crippen LogP contribution in [0.2, 0.25) is 0 Å². The molecule has 0 heterocycles. The van der Waals surface area contributed by atoms with Crippen LogP contribution in [0.25, 0.3) is 10.8 Å². The first-order valence-electron chi connectivity index (χ1n) is 6.89. The molecule has 0 fully saturated rings. The monoisotopic (exact) mass is 316 g/mol. The lowest BCUT2D eigenvalue weighted by atomic mass is 9.96. The summed E-state index contributed by atoms with van der Waals surface area (Å²) in [5.74, 6) is -3.21. The molecule has 0 saturated heterocycles. The molecular formula is C17H16O4S. The number of rotatable bonds is 7. The fraction of sp³-hybridized carbons (Fsp3) is 0.235. The highest BCUT2D eigenvalue weighted by molar-refractivity contribution is 7.80. The van der Waals surface area contributed by atoms with Gasteiger partial charge in [-0.1, -0.05) is 54.7 Å². The largest absolute Gasteiger partial charge is 0.481 e. The van der Waals surface area contributed by atoms with Gasteiger partial charge in [0.15, 0.2) is 0 Å². The second-order valence-electron chi connectivity index (χ2n) is 5.23. The lowest BCUT2D eigenvalue weighted by Gasteiger charge is -2.11. The first-order valence-corrected chi connectivity index (χ1v) is 7.30. The molecule has 5 heteroatoms. The highest BCUT2D eigenvalue weighted by atomic mass is 32.1. The Morgan fingerprint density at radius 2 is 1.68 bits per heavy atom. The van der Waals surface area contributed by atoms with Gasteiger partial charge in [0.1, 0.15) is 0 Å². The molecule has 0 radical (unpaired) electrons. The SMILES string of the molecule is O=C(O)CC(CC(=S)Cc1ccc2ccccc2c1)C(=O)O. The summed E-state index contributed by atoms with van der Waals surface area (Å²) in [7, 11) is 0. The van der Waals surface area contributed by atoms with E-state index in [9.17, 15) is 9.59 Å². The Hall–Kier alpha value is -2.27. The number of hydrogen-bond donors (Lipinski definition) is 2. The van der Waals surface area contributed by atoms with Crippen LogP contribution in [0.5, 0.6) is 0 Å². The minimum Gasteiger partial charge on any atom is -0.481 e. The van der Waals surface area contributed by atoms with Gasteiger partial charge < -0.3 is 10.2 Å². The van der Waals surface area contributed by atoms with Gasteiger partial charge in [-0.05, 0) is 27.6 Å². The van der Waals surface area contributed by atoms with Crippen LogP contribution in [0.3, 0.4) is 0 Å². The van der Waals surface area contributed by atoms with Crippen LogP contribution in [-0.4, -0.2) is 27.0 Å². The molecule has 2 aromatic carbocycles. The molecule has 0 aliphatic rings. The lowest BCUT2D eigenvalue weighted by molar-refractivity contribution is -0.147. The Balaban J connectivity index is 2.06. The molecule has 4 nitrogen and oxygen atoms in total. The maximum atomic E-state index is 11.1. The van der Waals surface area contributed by atoms with Crippen molar-refractivity contribution in [3.05, 3.63) is 48.0 Å². The van der Waals surface area contributed by atoms with Crippen molar-refractivity contribution in [2.45, 2.75) is 19.3 Å². The predicted octanol–water partition coefficient (Wildman–Crippen LogP) is 3.32. The first-order chi connectivity index (χ1) is 10.5. The van der Waals surface area contributed by atoms with E-state index in [0.29, 0.717) is 11.3 Å². The van der Waals surface area contributed by atoms with Crippen LogP contribution in [0.15, 0.2) is 42.5 Å². The van der Waals surface area contributed by atoms with Gasteiger partial charge in [0.05, 0.1) is 12.3 Å². The zero-order chi connectivity index (χ0) is 16.1. The van der Waals surface area contributed by atoms with Crippen LogP contribution in [-0.2, 0) is 16.0 Å². The van der Waals surface area contributed by atoms with E-state index < -0.39 is 24.3 Å². The van der Waals surface area contributed by atoms with E-state index in [2.05, 4.69) is 0 Å². The van der Waals surface area contributed by atoms with E-state index in [0.717, 1.165) is 16.3 Å². The average Bonchev–Trinajstić information content (AvgIpc) is 2.45. The normalized spacial score (nSPS) is 12.0. The number of aliphatic carboxylic acids is 2. The van der Waals surface area contributed by atoms with Crippen molar-refractivity contribution in [2.24, 2.45) is 5.92 Å². The van der Waals surface area contributed by atoms with Gasteiger partial charge in [-0.25, -0.2) is 0 Å². The van der Waals surface area contributed by atoms with Crippen molar-refractivity contribution in [3.8, 4) is 0 Å². The Morgan fingerprint density at radius 3 is 2.32 bits per heavy atom. The van der Waals surface area contributed by atoms with E-state index in [1.165, 1.54) is 0 Å². The number of carboxylic acid groups (broad SMARTS) is 2. The minimum absolute atomic E-state index is 0.101. The molecule has 22 heavy (non-hydrogen) atoms. The Morgan fingerprint density at radius 1 is 1.00 bits per heavy atom. The molecule has 0 spiro atoms. The summed E-state index contributed by atoms with van der Waals surface area (Å²) >= 11 is 5.25. The number of benzene rings is 2. The van der Waals surface area contributed by atoms with Crippen molar-refractivity contribution in [1.29, 1.82) is 0 Å². The van der Waals surface area contributed by atoms with Crippen molar-refractivity contribution >= 4 is 39.8 Å². The molecule has 2 N–H and O–H groups in total. The summed E-state index contributed by atoms with van der Waals surface area (Å²) < 4.78 is 0. The number of thiocarbonyl (C=S) groups is 1. The Labute approximate surface area is 133 Å². The quantitative estimate of drug-likeness (QED) is 0.767. The van der Waals surface area contributed by atoms with Gasteiger partial charge in [-0.15, -0.1) is 0 Å². The van der Waals surface area contributed by atoms with E-state index in [-0.39, 0.29) is 6.42 Å². The standard InChI is InChI=1S/C17H16O4S/c18-16(19)10-14(17(20)21)9-15(22)8-11-5-6-12-3-1-2-4-13(12)7-11/h1-7,14H,8-10H2,(H,18,19)(H,20,21). The molecule has 0 saturated carbocycles. The minimum atomic E-state index is -1.12. The molecule has 114 valence electrons. The maximum absolute atomic E-state index is 11.1. The van der Waals surface area contributed by atoms with E-state index in [4.69, 9.17) is 22.4 Å². The van der Waals surface area contributed by atoms with Gasteiger partial charge in [0.25, 0.3) is 0 Å². The van der Waals surface area contributed by atoms with Crippen molar-refractivity contribution < 1.29 is 19.8 Å². The number of carbonyl (C=O) groups is 2. The molecule has 0 aromatic heterocycles. The third-order valence-corrected chi connectivity index (χ3v) is 3.77. The lowest BCUT2D eigenvalue weighted by Crippen LogP contribution is -2.21. The third-order valence-electron chi connectivity index (χ3n) is 3.46. The van der Waals surface area contributed by atoms with Crippen molar-refractivity contribution in [3.63, 3.8) is 0 Å². The Bertz CT molecular complexity index is 723. The smallest absolute Gasteiger partial charge is 0.307 e. The zero-order valence-electron chi connectivity index (χ0n) is 11.9.